The van der Waals surface area contributed by atoms with Gasteiger partial charge in [-0.3, -0.25) is 24.0 Å². The van der Waals surface area contributed by atoms with E-state index in [-0.39, 0.29) is 76.3 Å². The van der Waals surface area contributed by atoms with Crippen molar-refractivity contribution in [3.63, 3.8) is 0 Å². The van der Waals surface area contributed by atoms with Gasteiger partial charge in [-0.15, -0.1) is 0 Å². The fraction of sp³-hybridized carbons (Fsp3) is 0.689. The van der Waals surface area contributed by atoms with E-state index in [4.69, 9.17) is 33.2 Å². The van der Waals surface area contributed by atoms with Gasteiger partial charge in [-0.1, -0.05) is 38.1 Å². The summed E-state index contributed by atoms with van der Waals surface area (Å²) in [6.45, 7) is 13.9. The lowest BCUT2D eigenvalue weighted by Crippen LogP contribution is -2.45. The van der Waals surface area contributed by atoms with Crippen LogP contribution in [-0.4, -0.2) is 116 Å². The van der Waals surface area contributed by atoms with Crippen LogP contribution in [0.5, 0.6) is 5.75 Å². The third-order valence-electron chi connectivity index (χ3n) is 11.5. The first kappa shape index (κ1) is 49.9. The maximum atomic E-state index is 14.1. The Bertz CT molecular complexity index is 1580. The summed E-state index contributed by atoms with van der Waals surface area (Å²) in [5, 5.41) is 10.4. The quantitative estimate of drug-likeness (QED) is 0.0374. The first-order chi connectivity index (χ1) is 28.4. The van der Waals surface area contributed by atoms with Crippen molar-refractivity contribution in [2.45, 2.75) is 137 Å². The monoisotopic (exact) mass is 845 g/mol. The second-order valence-electron chi connectivity index (χ2n) is 16.9. The van der Waals surface area contributed by atoms with Crippen molar-refractivity contribution in [2.75, 3.05) is 46.2 Å². The van der Waals surface area contributed by atoms with Gasteiger partial charge in [-0.25, -0.2) is 4.79 Å². The molecule has 2 fully saturated rings. The van der Waals surface area contributed by atoms with Gasteiger partial charge in [0.2, 0.25) is 5.91 Å². The third-order valence-corrected chi connectivity index (χ3v) is 11.5. The molecule has 336 valence electrons. The molecule has 0 aromatic heterocycles. The number of para-hydroxylation sites is 1. The molecule has 1 N–H and O–H groups in total. The number of hydrogen-bond acceptors (Lipinski definition) is 14. The first-order valence-corrected chi connectivity index (χ1v) is 21.2. The van der Waals surface area contributed by atoms with Crippen molar-refractivity contribution < 1.29 is 67.0 Å². The highest BCUT2D eigenvalue weighted by Gasteiger charge is 2.45. The summed E-state index contributed by atoms with van der Waals surface area (Å²) in [5.41, 5.74) is -3.46. The molecular formula is C45H67NO14. The van der Waals surface area contributed by atoms with E-state index in [0.717, 1.165) is 25.3 Å². The van der Waals surface area contributed by atoms with E-state index in [0.29, 0.717) is 31.7 Å². The second kappa shape index (κ2) is 24.1. The van der Waals surface area contributed by atoms with Crippen LogP contribution in [0.3, 0.4) is 0 Å². The Balaban J connectivity index is 1.86. The lowest BCUT2D eigenvalue weighted by Gasteiger charge is -2.38. The fourth-order valence-electron chi connectivity index (χ4n) is 7.33. The Morgan fingerprint density at radius 3 is 2.18 bits per heavy atom. The number of aliphatic hydroxyl groups is 1. The number of carbonyl (C=O) groups is 6. The molecule has 0 saturated carbocycles. The molecule has 2 aliphatic rings. The number of likely N-dealkylation sites (tertiary alicyclic amines) is 1. The number of esters is 5. The highest BCUT2D eigenvalue weighted by molar-refractivity contribution is 5.81. The molecule has 2 saturated heterocycles. The third kappa shape index (κ3) is 16.5. The summed E-state index contributed by atoms with van der Waals surface area (Å²) in [5.74, 6) is -2.37. The highest BCUT2D eigenvalue weighted by atomic mass is 16.6. The molecular weight excluding hydrogens is 778 g/mol. The average molecular weight is 846 g/mol. The maximum absolute atomic E-state index is 14.1. The zero-order valence-corrected chi connectivity index (χ0v) is 36.4. The Hall–Kier alpha value is -4.50. The Morgan fingerprint density at radius 2 is 1.53 bits per heavy atom. The summed E-state index contributed by atoms with van der Waals surface area (Å²) in [7, 11) is 0. The second-order valence-corrected chi connectivity index (χ2v) is 16.9. The van der Waals surface area contributed by atoms with Crippen LogP contribution in [0.25, 0.3) is 0 Å². The molecule has 2 heterocycles. The van der Waals surface area contributed by atoms with Crippen molar-refractivity contribution in [2.24, 2.45) is 16.2 Å². The van der Waals surface area contributed by atoms with Crippen LogP contribution in [0.15, 0.2) is 43.0 Å². The molecule has 0 spiro atoms. The van der Waals surface area contributed by atoms with Gasteiger partial charge in [0.25, 0.3) is 0 Å². The Kier molecular flexibility index (Phi) is 20.0. The number of amides is 1. The van der Waals surface area contributed by atoms with Crippen molar-refractivity contribution in [3.05, 3.63) is 43.0 Å². The van der Waals surface area contributed by atoms with Crippen molar-refractivity contribution in [1.82, 2.24) is 4.90 Å². The molecule has 3 rings (SSSR count). The summed E-state index contributed by atoms with van der Waals surface area (Å²) >= 11 is 0. The van der Waals surface area contributed by atoms with Crippen molar-refractivity contribution in [3.8, 4) is 5.75 Å². The van der Waals surface area contributed by atoms with Gasteiger partial charge in [0.1, 0.15) is 57.1 Å². The molecule has 60 heavy (non-hydrogen) atoms. The van der Waals surface area contributed by atoms with Crippen LogP contribution in [0.1, 0.15) is 112 Å². The summed E-state index contributed by atoms with van der Waals surface area (Å²) in [4.78, 5) is 80.5. The summed E-state index contributed by atoms with van der Waals surface area (Å²) < 4.78 is 38.7. The lowest BCUT2D eigenvalue weighted by atomic mass is 9.72. The zero-order chi connectivity index (χ0) is 44.3. The van der Waals surface area contributed by atoms with E-state index in [1.54, 1.807) is 37.8 Å². The Morgan fingerprint density at radius 1 is 0.883 bits per heavy atom. The predicted molar refractivity (Wildman–Crippen MR) is 219 cm³/mol. The molecule has 0 aliphatic carbocycles. The van der Waals surface area contributed by atoms with Gasteiger partial charge in [0.05, 0.1) is 22.9 Å². The van der Waals surface area contributed by atoms with Crippen LogP contribution in [-0.2, 0) is 57.2 Å². The van der Waals surface area contributed by atoms with Gasteiger partial charge >= 0.3 is 29.8 Å². The van der Waals surface area contributed by atoms with Crippen LogP contribution < -0.4 is 4.74 Å². The smallest absolute Gasteiger partial charge is 0.330 e. The van der Waals surface area contributed by atoms with Gasteiger partial charge in [-0.2, -0.15) is 0 Å². The fourth-order valence-corrected chi connectivity index (χ4v) is 7.33. The van der Waals surface area contributed by atoms with E-state index < -0.39 is 71.6 Å². The van der Waals surface area contributed by atoms with E-state index in [1.807, 2.05) is 32.0 Å². The molecule has 0 radical (unpaired) electrons. The largest absolute Gasteiger partial charge is 0.490 e. The van der Waals surface area contributed by atoms with Crippen LogP contribution in [0.2, 0.25) is 0 Å². The van der Waals surface area contributed by atoms with Gasteiger partial charge in [-0.05, 0) is 91.2 Å². The normalized spacial score (nSPS) is 19.7. The van der Waals surface area contributed by atoms with E-state index >= 15 is 0 Å². The first-order valence-electron chi connectivity index (χ1n) is 21.2. The molecule has 2 aliphatic heterocycles. The van der Waals surface area contributed by atoms with Crippen molar-refractivity contribution >= 4 is 35.8 Å². The van der Waals surface area contributed by atoms with E-state index in [1.165, 1.54) is 6.92 Å². The van der Waals surface area contributed by atoms with Crippen LogP contribution in [0.4, 0.5) is 0 Å². The number of benzene rings is 1. The SMILES string of the molecule is C=CC(=O)OCC(O)COC(=O)C(C)(CC(CCC(C)(CCC(C)(CC)C(=O)OCC1CO1)C(=O)OCCOc1ccccc1)OC(C)=O)CC(C)N1CCCCCC1=O. The van der Waals surface area contributed by atoms with Gasteiger partial charge < -0.3 is 43.2 Å². The number of carbonyl (C=O) groups excluding carboxylic acids is 6. The minimum atomic E-state index is -1.36. The molecule has 1 amide bonds. The lowest BCUT2D eigenvalue weighted by molar-refractivity contribution is -0.167. The number of rotatable bonds is 27. The number of aliphatic hydroxyl groups excluding tert-OH is 1. The summed E-state index contributed by atoms with van der Waals surface area (Å²) in [6, 6.07) is 8.71. The molecule has 15 heteroatoms. The minimum Gasteiger partial charge on any atom is -0.490 e. The molecule has 15 nitrogen and oxygen atoms in total. The van der Waals surface area contributed by atoms with Crippen LogP contribution in [0, 0.1) is 16.2 Å². The van der Waals surface area contributed by atoms with E-state index in [2.05, 4.69) is 6.58 Å². The molecule has 0 bridgehead atoms. The van der Waals surface area contributed by atoms with Gasteiger partial charge in [0.15, 0.2) is 0 Å². The Labute approximate surface area is 354 Å². The highest BCUT2D eigenvalue weighted by Crippen LogP contribution is 2.41. The van der Waals surface area contributed by atoms with Gasteiger partial charge in [0, 0.05) is 38.4 Å². The number of hydrogen-bond donors (Lipinski definition) is 1. The zero-order valence-electron chi connectivity index (χ0n) is 36.4. The molecule has 7 unspecified atom stereocenters. The van der Waals surface area contributed by atoms with Crippen molar-refractivity contribution in [1.29, 1.82) is 0 Å². The molecule has 1 aromatic carbocycles. The minimum absolute atomic E-state index is 0.0148. The standard InChI is InChI=1S/C45H67NO14/c1-8-39(50)57-28-34(48)29-58-42(53)45(7,26-32(3)46-23-15-11-14-18-38(46)49)27-36(60-33(4)47)19-20-44(6,41(52)55-25-24-54-35-16-12-10-13-17-35)22-21-43(5,9-2)40(51)59-31-37-30-56-37/h8,10,12-13,16-17,32,34,36-37,48H,1,9,11,14-15,18-31H2,2-7H3. The average Bonchev–Trinajstić information content (AvgIpc) is 4.08. The van der Waals surface area contributed by atoms with Crippen LogP contribution >= 0.6 is 0 Å². The topological polar surface area (TPSA) is 194 Å². The molecule has 1 aromatic rings. The molecule has 7 atom stereocenters. The predicted octanol–water partition coefficient (Wildman–Crippen LogP) is 5.68. The van der Waals surface area contributed by atoms with E-state index in [9.17, 15) is 33.9 Å². The number of epoxide rings is 1. The maximum Gasteiger partial charge on any atom is 0.330 e. The summed E-state index contributed by atoms with van der Waals surface area (Å²) in [6.07, 6.45) is 2.84. The number of ether oxygens (including phenoxy) is 7. The number of nitrogens with zero attached hydrogens (tertiary/aromatic N) is 1.